The van der Waals surface area contributed by atoms with Gasteiger partial charge in [-0.2, -0.15) is 13.2 Å². The Kier molecular flexibility index (Phi) is 5.87. The molecule has 0 aromatic heterocycles. The second-order valence-corrected chi connectivity index (χ2v) is 6.57. The van der Waals surface area contributed by atoms with E-state index in [-0.39, 0.29) is 25.4 Å². The first-order valence-electron chi connectivity index (χ1n) is 7.27. The van der Waals surface area contributed by atoms with Crippen LogP contribution >= 0.6 is 15.9 Å². The summed E-state index contributed by atoms with van der Waals surface area (Å²) in [6.45, 7) is -1.28. The smallest absolute Gasteiger partial charge is 0.332 e. The Morgan fingerprint density at radius 1 is 1.38 bits per heavy atom. The Hall–Kier alpha value is -1.61. The average Bonchev–Trinajstić information content (AvgIpc) is 2.81. The zero-order valence-electron chi connectivity index (χ0n) is 12.9. The molecule has 132 valence electrons. The number of benzene rings is 1. The van der Waals surface area contributed by atoms with Gasteiger partial charge in [-0.25, -0.2) is 0 Å². The summed E-state index contributed by atoms with van der Waals surface area (Å²) in [5.41, 5.74) is 0.605. The van der Waals surface area contributed by atoms with Crippen LogP contribution in [0.25, 0.3) is 0 Å². The summed E-state index contributed by atoms with van der Waals surface area (Å²) < 4.78 is 38.1. The zero-order valence-corrected chi connectivity index (χ0v) is 14.5. The Morgan fingerprint density at radius 2 is 2.00 bits per heavy atom. The molecular weight excluding hydrogens is 391 g/mol. The summed E-state index contributed by atoms with van der Waals surface area (Å²) in [6.07, 6.45) is -4.14. The van der Waals surface area contributed by atoms with Crippen LogP contribution in [0.2, 0.25) is 0 Å². The Labute approximate surface area is 145 Å². The van der Waals surface area contributed by atoms with Crippen LogP contribution in [0.15, 0.2) is 28.7 Å². The molecule has 1 N–H and O–H groups in total. The number of hydrogen-bond donors (Lipinski definition) is 1. The van der Waals surface area contributed by atoms with Crippen molar-refractivity contribution < 1.29 is 22.8 Å². The number of rotatable bonds is 5. The Morgan fingerprint density at radius 3 is 2.58 bits per heavy atom. The molecule has 24 heavy (non-hydrogen) atoms. The average molecular weight is 408 g/mol. The number of nitrogens with zero attached hydrogens (tertiary/aromatic N) is 2. The van der Waals surface area contributed by atoms with Gasteiger partial charge in [-0.1, -0.05) is 15.9 Å². The summed E-state index contributed by atoms with van der Waals surface area (Å²) >= 11 is 3.29. The van der Waals surface area contributed by atoms with E-state index in [1.54, 1.807) is 31.3 Å². The lowest BCUT2D eigenvalue weighted by Gasteiger charge is -2.23. The molecule has 1 heterocycles. The highest BCUT2D eigenvalue weighted by Crippen LogP contribution is 2.23. The van der Waals surface area contributed by atoms with Crippen LogP contribution in [0, 0.1) is 0 Å². The van der Waals surface area contributed by atoms with Crippen molar-refractivity contribution >= 4 is 33.4 Å². The molecule has 0 saturated carbocycles. The molecule has 0 radical (unpaired) electrons. The van der Waals surface area contributed by atoms with Crippen LogP contribution in [0.3, 0.4) is 0 Å². The molecule has 1 aromatic rings. The van der Waals surface area contributed by atoms with E-state index in [9.17, 15) is 22.8 Å². The maximum atomic E-state index is 12.4. The number of likely N-dealkylation sites (N-methyl/N-ethyl adjacent to an activating group) is 1. The summed E-state index contributed by atoms with van der Waals surface area (Å²) in [7, 11) is 1.56. The van der Waals surface area contributed by atoms with Gasteiger partial charge in [0.15, 0.2) is 0 Å². The number of hydrogen-bond acceptors (Lipinski definition) is 3. The van der Waals surface area contributed by atoms with Crippen molar-refractivity contribution in [3.8, 4) is 0 Å². The summed E-state index contributed by atoms with van der Waals surface area (Å²) in [4.78, 5) is 26.3. The highest BCUT2D eigenvalue weighted by atomic mass is 79.9. The Bertz CT molecular complexity index is 607. The van der Waals surface area contributed by atoms with E-state index in [4.69, 9.17) is 0 Å². The van der Waals surface area contributed by atoms with Crippen LogP contribution in [-0.2, 0) is 9.59 Å². The predicted molar refractivity (Wildman–Crippen MR) is 86.4 cm³/mol. The van der Waals surface area contributed by atoms with E-state index in [1.807, 2.05) is 0 Å². The fraction of sp³-hybridized carbons (Fsp3) is 0.467. The first kappa shape index (κ1) is 18.7. The van der Waals surface area contributed by atoms with Crippen molar-refractivity contribution in [2.45, 2.75) is 18.6 Å². The van der Waals surface area contributed by atoms with Crippen molar-refractivity contribution in [2.75, 3.05) is 32.0 Å². The van der Waals surface area contributed by atoms with Gasteiger partial charge < -0.3 is 10.2 Å². The first-order valence-corrected chi connectivity index (χ1v) is 8.06. The molecule has 2 amide bonds. The van der Waals surface area contributed by atoms with Crippen LogP contribution < -0.4 is 5.32 Å². The minimum atomic E-state index is -4.41. The molecular formula is C15H17BrF3N3O2. The monoisotopic (exact) mass is 407 g/mol. The first-order chi connectivity index (χ1) is 11.2. The van der Waals surface area contributed by atoms with Crippen molar-refractivity contribution in [1.29, 1.82) is 0 Å². The third kappa shape index (κ3) is 5.20. The standard InChI is InChI=1S/C15H17BrF3N3O2/c1-21(8-13(23)20-11-4-2-10(16)3-5-11)12-6-7-22(14(12)24)9-15(17,18)19/h2-5,12H,6-9H2,1H3,(H,20,23). The number of carbonyl (C=O) groups is 2. The van der Waals surface area contributed by atoms with E-state index < -0.39 is 24.7 Å². The quantitative estimate of drug-likeness (QED) is 0.815. The molecule has 2 rings (SSSR count). The molecule has 0 spiro atoms. The van der Waals surface area contributed by atoms with Crippen LogP contribution in [-0.4, -0.2) is 60.5 Å². The number of nitrogens with one attached hydrogen (secondary N) is 1. The van der Waals surface area contributed by atoms with Crippen LogP contribution in [0.5, 0.6) is 0 Å². The van der Waals surface area contributed by atoms with Gasteiger partial charge in [0.05, 0.1) is 12.6 Å². The molecule has 1 fully saturated rings. The highest BCUT2D eigenvalue weighted by Gasteiger charge is 2.40. The van der Waals surface area contributed by atoms with E-state index in [2.05, 4.69) is 21.2 Å². The van der Waals surface area contributed by atoms with Crippen molar-refractivity contribution in [3.05, 3.63) is 28.7 Å². The molecule has 1 aliphatic heterocycles. The fourth-order valence-corrected chi connectivity index (χ4v) is 2.84. The lowest BCUT2D eigenvalue weighted by atomic mass is 10.2. The van der Waals surface area contributed by atoms with Gasteiger partial charge >= 0.3 is 6.18 Å². The molecule has 0 aliphatic carbocycles. The van der Waals surface area contributed by atoms with Gasteiger partial charge in [-0.3, -0.25) is 14.5 Å². The van der Waals surface area contributed by atoms with Gasteiger partial charge in [-0.05, 0) is 37.7 Å². The maximum absolute atomic E-state index is 12.4. The number of carbonyl (C=O) groups excluding carboxylic acids is 2. The number of anilines is 1. The Balaban J connectivity index is 1.88. The van der Waals surface area contributed by atoms with E-state index in [0.29, 0.717) is 5.69 Å². The number of amides is 2. The van der Waals surface area contributed by atoms with E-state index in [1.165, 1.54) is 4.90 Å². The van der Waals surface area contributed by atoms with Crippen LogP contribution in [0.1, 0.15) is 6.42 Å². The van der Waals surface area contributed by atoms with Crippen molar-refractivity contribution in [1.82, 2.24) is 9.80 Å². The summed E-state index contributed by atoms with van der Waals surface area (Å²) in [6, 6.07) is 6.27. The van der Waals surface area contributed by atoms with E-state index >= 15 is 0 Å². The van der Waals surface area contributed by atoms with Gasteiger partial charge in [-0.15, -0.1) is 0 Å². The second kappa shape index (κ2) is 7.52. The topological polar surface area (TPSA) is 52.7 Å². The second-order valence-electron chi connectivity index (χ2n) is 5.65. The molecule has 1 aliphatic rings. The number of alkyl halides is 3. The van der Waals surface area contributed by atoms with E-state index in [0.717, 1.165) is 9.37 Å². The molecule has 1 saturated heterocycles. The molecule has 1 unspecified atom stereocenters. The van der Waals surface area contributed by atoms with Gasteiger partial charge in [0, 0.05) is 16.7 Å². The van der Waals surface area contributed by atoms with Gasteiger partial charge in [0.2, 0.25) is 11.8 Å². The molecule has 0 bridgehead atoms. The summed E-state index contributed by atoms with van der Waals surface area (Å²) in [5, 5.41) is 2.68. The minimum Gasteiger partial charge on any atom is -0.332 e. The fourth-order valence-electron chi connectivity index (χ4n) is 2.58. The normalized spacial score (nSPS) is 18.3. The highest BCUT2D eigenvalue weighted by molar-refractivity contribution is 9.10. The lowest BCUT2D eigenvalue weighted by Crippen LogP contribution is -2.44. The van der Waals surface area contributed by atoms with Gasteiger partial charge in [0.1, 0.15) is 6.54 Å². The molecule has 5 nitrogen and oxygen atoms in total. The largest absolute Gasteiger partial charge is 0.406 e. The molecule has 9 heteroatoms. The van der Waals surface area contributed by atoms with Crippen LogP contribution in [0.4, 0.5) is 18.9 Å². The summed E-state index contributed by atoms with van der Waals surface area (Å²) in [5.74, 6) is -0.923. The van der Waals surface area contributed by atoms with Crippen molar-refractivity contribution in [3.63, 3.8) is 0 Å². The van der Waals surface area contributed by atoms with Crippen molar-refractivity contribution in [2.24, 2.45) is 0 Å². The number of halogens is 4. The minimum absolute atomic E-state index is 0.0433. The lowest BCUT2D eigenvalue weighted by molar-refractivity contribution is -0.159. The predicted octanol–water partition coefficient (Wildman–Crippen LogP) is 2.48. The number of likely N-dealkylation sites (tertiary alicyclic amines) is 1. The molecule has 1 aromatic carbocycles. The van der Waals surface area contributed by atoms with Gasteiger partial charge in [0.25, 0.3) is 0 Å². The third-order valence-corrected chi connectivity index (χ3v) is 4.22. The molecule has 1 atom stereocenters. The zero-order chi connectivity index (χ0) is 17.9. The SMILES string of the molecule is CN(CC(=O)Nc1ccc(Br)cc1)C1CCN(CC(F)(F)F)C1=O. The maximum Gasteiger partial charge on any atom is 0.406 e. The third-order valence-electron chi connectivity index (χ3n) is 3.69.